The predicted octanol–water partition coefficient (Wildman–Crippen LogP) is -1.22. The Kier molecular flexibility index (Phi) is 4.29. The van der Waals surface area contributed by atoms with Crippen molar-refractivity contribution in [2.75, 3.05) is 6.61 Å². The molecule has 4 nitrogen and oxygen atoms in total. The first-order chi connectivity index (χ1) is 4.68. The summed E-state index contributed by atoms with van der Waals surface area (Å²) in [5.41, 5.74) is 5.07. The van der Waals surface area contributed by atoms with Crippen LogP contribution in [0.3, 0.4) is 0 Å². The predicted molar refractivity (Wildman–Crippen MR) is 35.1 cm³/mol. The second kappa shape index (κ2) is 4.79. The number of aliphatic hydroxyl groups is 1. The van der Waals surface area contributed by atoms with Gasteiger partial charge in [0, 0.05) is 6.42 Å². The minimum absolute atomic E-state index is 0.0793. The molecule has 0 aromatic heterocycles. The average molecular weight is 143 g/mol. The maximum atomic E-state index is 10.0. The van der Waals surface area contributed by atoms with Crippen molar-refractivity contribution in [3.05, 3.63) is 0 Å². The van der Waals surface area contributed by atoms with Gasteiger partial charge in [-0.1, -0.05) is 11.8 Å². The molecule has 56 valence electrons. The molecular weight excluding hydrogens is 134 g/mol. The van der Waals surface area contributed by atoms with E-state index in [1.165, 1.54) is 0 Å². The summed E-state index contributed by atoms with van der Waals surface area (Å²) in [4.78, 5) is 10.0. The molecule has 0 aliphatic carbocycles. The normalized spacial score (nSPS) is 11.4. The van der Waals surface area contributed by atoms with Crippen LogP contribution in [0.5, 0.6) is 0 Å². The lowest BCUT2D eigenvalue weighted by atomic mass is 10.2. The van der Waals surface area contributed by atoms with Gasteiger partial charge in [-0.3, -0.25) is 4.79 Å². The highest BCUT2D eigenvalue weighted by atomic mass is 16.4. The number of nitrogens with two attached hydrogens (primary N) is 1. The zero-order chi connectivity index (χ0) is 7.98. The van der Waals surface area contributed by atoms with Gasteiger partial charge in [0.05, 0.1) is 0 Å². The van der Waals surface area contributed by atoms with Gasteiger partial charge in [-0.2, -0.15) is 0 Å². The molecule has 1 atom stereocenters. The average Bonchev–Trinajstić information content (AvgIpc) is 1.88. The maximum Gasteiger partial charge on any atom is 0.321 e. The first kappa shape index (κ1) is 8.95. The summed E-state index contributed by atoms with van der Waals surface area (Å²) >= 11 is 0. The second-order valence-corrected chi connectivity index (χ2v) is 1.66. The molecule has 0 unspecified atom stereocenters. The zero-order valence-electron chi connectivity index (χ0n) is 5.37. The van der Waals surface area contributed by atoms with E-state index in [1.807, 2.05) is 0 Å². The third-order valence-corrected chi connectivity index (χ3v) is 0.843. The van der Waals surface area contributed by atoms with Crippen LogP contribution >= 0.6 is 0 Å². The summed E-state index contributed by atoms with van der Waals surface area (Å²) in [5.74, 6) is 3.63. The molecule has 0 fully saturated rings. The number of carboxylic acids is 1. The van der Waals surface area contributed by atoms with E-state index in [0.717, 1.165) is 0 Å². The quantitative estimate of drug-likeness (QED) is 0.423. The lowest BCUT2D eigenvalue weighted by Crippen LogP contribution is -2.29. The van der Waals surface area contributed by atoms with Crippen LogP contribution in [0.15, 0.2) is 0 Å². The van der Waals surface area contributed by atoms with E-state index >= 15 is 0 Å². The molecule has 0 spiro atoms. The molecule has 0 bridgehead atoms. The fourth-order valence-electron chi connectivity index (χ4n) is 0.325. The zero-order valence-corrected chi connectivity index (χ0v) is 5.37. The smallest absolute Gasteiger partial charge is 0.321 e. The number of rotatable bonds is 2. The molecule has 4 heteroatoms. The summed E-state index contributed by atoms with van der Waals surface area (Å²) in [7, 11) is 0. The van der Waals surface area contributed by atoms with Crippen molar-refractivity contribution in [3.8, 4) is 11.8 Å². The fraction of sp³-hybridized carbons (Fsp3) is 0.500. The summed E-state index contributed by atoms with van der Waals surface area (Å²) < 4.78 is 0. The minimum Gasteiger partial charge on any atom is -0.480 e. The van der Waals surface area contributed by atoms with Crippen LogP contribution in [0.25, 0.3) is 0 Å². The summed E-state index contributed by atoms with van der Waals surface area (Å²) in [6.07, 6.45) is 0.0793. The maximum absolute atomic E-state index is 10.0. The third kappa shape index (κ3) is 3.89. The van der Waals surface area contributed by atoms with E-state index in [2.05, 4.69) is 11.8 Å². The Hall–Kier alpha value is -1.05. The van der Waals surface area contributed by atoms with Crippen molar-refractivity contribution < 1.29 is 15.0 Å². The Morgan fingerprint density at radius 3 is 2.60 bits per heavy atom. The molecule has 0 saturated heterocycles. The fourth-order valence-corrected chi connectivity index (χ4v) is 0.325. The second-order valence-electron chi connectivity index (χ2n) is 1.66. The van der Waals surface area contributed by atoms with Gasteiger partial charge < -0.3 is 15.9 Å². The van der Waals surface area contributed by atoms with Crippen LogP contribution in [0, 0.1) is 11.8 Å². The number of aliphatic hydroxyl groups excluding tert-OH is 1. The van der Waals surface area contributed by atoms with Crippen LogP contribution in [0.1, 0.15) is 6.42 Å². The molecule has 0 aliphatic heterocycles. The van der Waals surface area contributed by atoms with Gasteiger partial charge in [-0.05, 0) is 0 Å². The Morgan fingerprint density at radius 1 is 1.60 bits per heavy atom. The van der Waals surface area contributed by atoms with Crippen LogP contribution in [-0.4, -0.2) is 28.8 Å². The largest absolute Gasteiger partial charge is 0.480 e. The first-order valence-electron chi connectivity index (χ1n) is 2.73. The van der Waals surface area contributed by atoms with Crippen LogP contribution in [-0.2, 0) is 4.79 Å². The first-order valence-corrected chi connectivity index (χ1v) is 2.73. The monoisotopic (exact) mass is 143 g/mol. The van der Waals surface area contributed by atoms with E-state index in [0.29, 0.717) is 0 Å². The third-order valence-electron chi connectivity index (χ3n) is 0.843. The van der Waals surface area contributed by atoms with Gasteiger partial charge in [0.25, 0.3) is 0 Å². The summed E-state index contributed by atoms with van der Waals surface area (Å²) in [6.45, 7) is -0.258. The Morgan fingerprint density at radius 2 is 2.20 bits per heavy atom. The molecule has 10 heavy (non-hydrogen) atoms. The molecule has 0 amide bonds. The number of aliphatic carboxylic acids is 1. The Labute approximate surface area is 58.7 Å². The highest BCUT2D eigenvalue weighted by Crippen LogP contribution is 1.83. The number of hydrogen-bond donors (Lipinski definition) is 3. The van der Waals surface area contributed by atoms with E-state index in [-0.39, 0.29) is 13.0 Å². The van der Waals surface area contributed by atoms with E-state index in [1.54, 1.807) is 0 Å². The standard InChI is InChI=1S/C6H9NO3/c7-5(6(9)10)3-1-2-4-8/h5,8H,3-4,7H2,(H,9,10)/t5-/m0/s1. The lowest BCUT2D eigenvalue weighted by molar-refractivity contribution is -0.138. The van der Waals surface area contributed by atoms with Crippen molar-refractivity contribution >= 4 is 5.97 Å². The lowest BCUT2D eigenvalue weighted by Gasteiger charge is -1.97. The SMILES string of the molecule is N[C@@H](CC#CCO)C(=O)O. The van der Waals surface area contributed by atoms with E-state index in [4.69, 9.17) is 15.9 Å². The summed E-state index contributed by atoms with van der Waals surface area (Å²) in [5, 5.41) is 16.4. The van der Waals surface area contributed by atoms with Gasteiger partial charge in [-0.25, -0.2) is 0 Å². The number of carboxylic acid groups (broad SMARTS) is 1. The molecule has 0 aromatic carbocycles. The molecule has 0 radical (unpaired) electrons. The van der Waals surface area contributed by atoms with Gasteiger partial charge in [0.15, 0.2) is 0 Å². The van der Waals surface area contributed by atoms with Gasteiger partial charge >= 0.3 is 5.97 Å². The topological polar surface area (TPSA) is 83.5 Å². The van der Waals surface area contributed by atoms with Crippen molar-refractivity contribution in [1.29, 1.82) is 0 Å². The summed E-state index contributed by atoms with van der Waals surface area (Å²) in [6, 6.07) is -0.945. The van der Waals surface area contributed by atoms with E-state index in [9.17, 15) is 4.79 Å². The van der Waals surface area contributed by atoms with Crippen molar-refractivity contribution in [1.82, 2.24) is 0 Å². The van der Waals surface area contributed by atoms with Gasteiger partial charge in [0.1, 0.15) is 12.6 Å². The van der Waals surface area contributed by atoms with E-state index < -0.39 is 12.0 Å². The van der Waals surface area contributed by atoms with Crippen LogP contribution < -0.4 is 5.73 Å². The molecule has 0 aliphatic rings. The number of carbonyl (C=O) groups is 1. The van der Waals surface area contributed by atoms with Gasteiger partial charge in [0.2, 0.25) is 0 Å². The molecule has 4 N–H and O–H groups in total. The highest BCUT2D eigenvalue weighted by molar-refractivity contribution is 5.73. The molecule has 0 aromatic rings. The van der Waals surface area contributed by atoms with Crippen molar-refractivity contribution in [2.45, 2.75) is 12.5 Å². The number of hydrogen-bond acceptors (Lipinski definition) is 3. The molecular formula is C6H9NO3. The van der Waals surface area contributed by atoms with Crippen molar-refractivity contribution in [2.24, 2.45) is 5.73 Å². The molecule has 0 saturated carbocycles. The van der Waals surface area contributed by atoms with Gasteiger partial charge in [-0.15, -0.1) is 0 Å². The highest BCUT2D eigenvalue weighted by Gasteiger charge is 2.07. The molecule has 0 heterocycles. The minimum atomic E-state index is -1.08. The van der Waals surface area contributed by atoms with Crippen molar-refractivity contribution in [3.63, 3.8) is 0 Å². The Bertz CT molecular complexity index is 168. The molecule has 0 rings (SSSR count). The Balaban J connectivity index is 3.58. The van der Waals surface area contributed by atoms with Crippen LogP contribution in [0.2, 0.25) is 0 Å². The van der Waals surface area contributed by atoms with Crippen LogP contribution in [0.4, 0.5) is 0 Å².